The fourth-order valence-electron chi connectivity index (χ4n) is 3.94. The average molecular weight is 509 g/mol. The number of benzene rings is 2. The maximum Gasteiger partial charge on any atom is 0.325 e. The number of aryl methyl sites for hydroxylation is 1. The van der Waals surface area contributed by atoms with Gasteiger partial charge in [-0.2, -0.15) is 9.78 Å². The van der Waals surface area contributed by atoms with Gasteiger partial charge in [0.25, 0.3) is 5.56 Å². The minimum atomic E-state index is -0.329. The second-order valence-corrected chi connectivity index (χ2v) is 8.75. The highest BCUT2D eigenvalue weighted by Gasteiger charge is 2.16. The van der Waals surface area contributed by atoms with Crippen LogP contribution in [0.5, 0.6) is 0 Å². The molecule has 7 nitrogen and oxygen atoms in total. The Bertz CT molecular complexity index is 1440. The van der Waals surface area contributed by atoms with Crippen LogP contribution in [-0.4, -0.2) is 33.5 Å². The first-order valence-corrected chi connectivity index (χ1v) is 11.6. The Labute approximate surface area is 199 Å². The molecule has 0 amide bonds. The van der Waals surface area contributed by atoms with Gasteiger partial charge in [0.05, 0.1) is 24.2 Å². The van der Waals surface area contributed by atoms with E-state index in [2.05, 4.69) is 28.0 Å². The fraction of sp³-hybridized carbons (Fsp3) is 0.280. The van der Waals surface area contributed by atoms with Crippen molar-refractivity contribution in [2.75, 3.05) is 7.11 Å². The number of methoxy groups -OCH3 is 1. The first-order chi connectivity index (χ1) is 15.9. The van der Waals surface area contributed by atoms with E-state index in [1.54, 1.807) is 12.3 Å². The molecule has 0 radical (unpaired) electrons. The zero-order valence-corrected chi connectivity index (χ0v) is 20.4. The van der Waals surface area contributed by atoms with Gasteiger partial charge in [-0.25, -0.2) is 4.98 Å². The summed E-state index contributed by atoms with van der Waals surface area (Å²) in [6.07, 6.45) is 4.23. The Kier molecular flexibility index (Phi) is 6.74. The zero-order chi connectivity index (χ0) is 23.5. The predicted octanol–water partition coefficient (Wildman–Crippen LogP) is 4.82. The molecule has 170 valence electrons. The summed E-state index contributed by atoms with van der Waals surface area (Å²) in [6.45, 7) is 4.13. The van der Waals surface area contributed by atoms with Crippen LogP contribution in [0.25, 0.3) is 21.8 Å². The van der Waals surface area contributed by atoms with Gasteiger partial charge in [-0.05, 0) is 37.6 Å². The molecule has 0 spiro atoms. The third kappa shape index (κ3) is 4.48. The van der Waals surface area contributed by atoms with E-state index < -0.39 is 0 Å². The van der Waals surface area contributed by atoms with E-state index in [1.807, 2.05) is 47.9 Å². The Hall–Kier alpha value is -3.26. The van der Waals surface area contributed by atoms with Gasteiger partial charge >= 0.3 is 5.97 Å². The van der Waals surface area contributed by atoms with Gasteiger partial charge in [0.2, 0.25) is 0 Å². The Morgan fingerprint density at radius 2 is 2.00 bits per heavy atom. The zero-order valence-electron chi connectivity index (χ0n) is 18.8. The average Bonchev–Trinajstić information content (AvgIpc) is 3.08. The minimum Gasteiger partial charge on any atom is -0.468 e. The van der Waals surface area contributed by atoms with E-state index in [-0.39, 0.29) is 18.1 Å². The molecule has 2 aromatic heterocycles. The van der Waals surface area contributed by atoms with Gasteiger partial charge in [0.15, 0.2) is 0 Å². The Morgan fingerprint density at radius 1 is 1.21 bits per heavy atom. The van der Waals surface area contributed by atoms with Crippen LogP contribution in [0.15, 0.2) is 56.8 Å². The highest BCUT2D eigenvalue weighted by Crippen LogP contribution is 2.25. The van der Waals surface area contributed by atoms with E-state index in [9.17, 15) is 9.59 Å². The molecule has 4 rings (SSSR count). The summed E-state index contributed by atoms with van der Waals surface area (Å²) in [7, 11) is 1.38. The summed E-state index contributed by atoms with van der Waals surface area (Å²) < 4.78 is 8.98. The van der Waals surface area contributed by atoms with Gasteiger partial charge in [-0.3, -0.25) is 9.59 Å². The van der Waals surface area contributed by atoms with Gasteiger partial charge in [-0.15, -0.1) is 0 Å². The molecule has 0 aliphatic carbocycles. The SMILES string of the molecule is CCCCc1nc2ccc(Br)cc2c(=O)n1N=Cc1c(C)n(CC(=O)OC)c2ccccc12. The maximum atomic E-state index is 13.3. The number of unbranched alkanes of at least 4 members (excludes halogenated alkanes) is 1. The molecule has 0 unspecified atom stereocenters. The van der Waals surface area contributed by atoms with Crippen LogP contribution in [0, 0.1) is 6.92 Å². The highest BCUT2D eigenvalue weighted by molar-refractivity contribution is 9.10. The molecule has 0 fully saturated rings. The second-order valence-electron chi connectivity index (χ2n) is 7.83. The molecule has 8 heteroatoms. The van der Waals surface area contributed by atoms with Crippen molar-refractivity contribution < 1.29 is 9.53 Å². The number of nitrogens with zero attached hydrogens (tertiary/aromatic N) is 4. The lowest BCUT2D eigenvalue weighted by Crippen LogP contribution is -2.22. The van der Waals surface area contributed by atoms with Gasteiger partial charge in [0, 0.05) is 33.1 Å². The molecule has 33 heavy (non-hydrogen) atoms. The highest BCUT2D eigenvalue weighted by atomic mass is 79.9. The molecule has 2 heterocycles. The molecule has 0 saturated carbocycles. The number of aromatic nitrogens is 3. The molecular formula is C25H25BrN4O3. The van der Waals surface area contributed by atoms with E-state index in [0.29, 0.717) is 23.1 Å². The molecule has 2 aromatic carbocycles. The molecular weight excluding hydrogens is 484 g/mol. The molecule has 0 aliphatic heterocycles. The summed E-state index contributed by atoms with van der Waals surface area (Å²) in [6, 6.07) is 13.3. The van der Waals surface area contributed by atoms with Gasteiger partial charge < -0.3 is 9.30 Å². The predicted molar refractivity (Wildman–Crippen MR) is 134 cm³/mol. The lowest BCUT2D eigenvalue weighted by molar-refractivity contribution is -0.141. The molecule has 0 bridgehead atoms. The number of carbonyl (C=O) groups excluding carboxylic acids is 1. The number of rotatable bonds is 7. The van der Waals surface area contributed by atoms with E-state index >= 15 is 0 Å². The van der Waals surface area contributed by atoms with E-state index in [0.717, 1.165) is 39.5 Å². The fourth-order valence-corrected chi connectivity index (χ4v) is 4.31. The van der Waals surface area contributed by atoms with Crippen LogP contribution in [0.2, 0.25) is 0 Å². The van der Waals surface area contributed by atoms with Gasteiger partial charge in [-0.1, -0.05) is 47.5 Å². The summed E-state index contributed by atoms with van der Waals surface area (Å²) in [5.74, 6) is 0.300. The largest absolute Gasteiger partial charge is 0.468 e. The third-order valence-corrected chi connectivity index (χ3v) is 6.22. The van der Waals surface area contributed by atoms with Gasteiger partial charge in [0.1, 0.15) is 12.4 Å². The second kappa shape index (κ2) is 9.70. The summed E-state index contributed by atoms with van der Waals surface area (Å²) >= 11 is 3.44. The minimum absolute atomic E-state index is 0.101. The third-order valence-electron chi connectivity index (χ3n) is 5.73. The summed E-state index contributed by atoms with van der Waals surface area (Å²) in [5, 5.41) is 6.06. The smallest absolute Gasteiger partial charge is 0.325 e. The molecule has 0 atom stereocenters. The van der Waals surface area contributed by atoms with Crippen molar-refractivity contribution in [2.45, 2.75) is 39.7 Å². The van der Waals surface area contributed by atoms with Crippen molar-refractivity contribution in [3.05, 3.63) is 74.4 Å². The standard InChI is InChI=1S/C25H25BrN4O3/c1-4-5-10-23-28-21-12-11-17(26)13-19(21)25(32)30(23)27-14-20-16(2)29(15-24(31)33-3)22-9-7-6-8-18(20)22/h6-9,11-14H,4-5,10,15H2,1-3H3. The van der Waals surface area contributed by atoms with Crippen molar-refractivity contribution in [1.29, 1.82) is 0 Å². The number of para-hydroxylation sites is 1. The number of fused-ring (bicyclic) bond motifs is 2. The maximum absolute atomic E-state index is 13.3. The number of hydrogen-bond donors (Lipinski definition) is 0. The first kappa shape index (κ1) is 22.9. The normalized spacial score (nSPS) is 11.6. The van der Waals surface area contributed by atoms with Crippen molar-refractivity contribution in [3.63, 3.8) is 0 Å². The van der Waals surface area contributed by atoms with Crippen molar-refractivity contribution in [3.8, 4) is 0 Å². The lowest BCUT2D eigenvalue weighted by atomic mass is 10.1. The van der Waals surface area contributed by atoms with E-state index in [4.69, 9.17) is 9.72 Å². The van der Waals surface area contributed by atoms with Crippen LogP contribution in [-0.2, 0) is 22.5 Å². The molecule has 0 aliphatic rings. The number of halogens is 1. The monoisotopic (exact) mass is 508 g/mol. The molecule has 4 aromatic rings. The topological polar surface area (TPSA) is 78.5 Å². The van der Waals surface area contributed by atoms with Crippen molar-refractivity contribution in [2.24, 2.45) is 5.10 Å². The number of carbonyl (C=O) groups is 1. The Morgan fingerprint density at radius 3 is 2.76 bits per heavy atom. The first-order valence-electron chi connectivity index (χ1n) is 10.8. The number of esters is 1. The number of hydrogen-bond acceptors (Lipinski definition) is 5. The van der Waals surface area contributed by atoms with Crippen molar-refractivity contribution >= 4 is 49.9 Å². The van der Waals surface area contributed by atoms with Crippen LogP contribution >= 0.6 is 15.9 Å². The van der Waals surface area contributed by atoms with Crippen LogP contribution in [0.1, 0.15) is 36.8 Å². The van der Waals surface area contributed by atoms with Crippen LogP contribution in [0.3, 0.4) is 0 Å². The summed E-state index contributed by atoms with van der Waals surface area (Å²) in [4.78, 5) is 30.0. The van der Waals surface area contributed by atoms with Crippen molar-refractivity contribution in [1.82, 2.24) is 14.2 Å². The Balaban J connectivity index is 1.88. The lowest BCUT2D eigenvalue weighted by Gasteiger charge is -2.09. The summed E-state index contributed by atoms with van der Waals surface area (Å²) in [5.41, 5.74) is 3.06. The molecule has 0 N–H and O–H groups in total. The van der Waals surface area contributed by atoms with Crippen LogP contribution in [0.4, 0.5) is 0 Å². The van der Waals surface area contributed by atoms with Crippen LogP contribution < -0.4 is 5.56 Å². The number of ether oxygens (including phenoxy) is 1. The quantitative estimate of drug-likeness (QED) is 0.264. The molecule has 0 saturated heterocycles. The van der Waals surface area contributed by atoms with E-state index in [1.165, 1.54) is 11.8 Å².